The van der Waals surface area contributed by atoms with Crippen molar-refractivity contribution in [1.29, 1.82) is 0 Å². The highest BCUT2D eigenvalue weighted by molar-refractivity contribution is 14.1. The van der Waals surface area contributed by atoms with Crippen LogP contribution in [0, 0.1) is 3.57 Å². The third-order valence-electron chi connectivity index (χ3n) is 2.63. The van der Waals surface area contributed by atoms with Crippen molar-refractivity contribution in [2.45, 2.75) is 19.4 Å². The molecular weight excluding hydrogens is 417 g/mol. The summed E-state index contributed by atoms with van der Waals surface area (Å²) in [6, 6.07) is 14.1. The summed E-state index contributed by atoms with van der Waals surface area (Å²) < 4.78 is 8.12. The van der Waals surface area contributed by atoms with Gasteiger partial charge >= 0.3 is 0 Å². The van der Waals surface area contributed by atoms with E-state index in [0.717, 1.165) is 31.5 Å². The smallest absolute Gasteiger partial charge is 0.140 e. The van der Waals surface area contributed by atoms with Gasteiger partial charge in [0, 0.05) is 10.5 Å². The molecule has 0 aliphatic heterocycles. The van der Waals surface area contributed by atoms with Gasteiger partial charge in [-0.1, -0.05) is 34.1 Å². The third-order valence-corrected chi connectivity index (χ3v) is 4.01. The first-order valence-electron chi connectivity index (χ1n) is 6.02. The Balaban J connectivity index is 2.33. The van der Waals surface area contributed by atoms with E-state index in [1.54, 1.807) is 0 Å². The van der Waals surface area contributed by atoms with Crippen LogP contribution >= 0.6 is 38.5 Å². The number of hydrogen-bond donors (Lipinski definition) is 1. The molecule has 0 radical (unpaired) electrons. The van der Waals surface area contributed by atoms with Crippen LogP contribution in [-0.2, 0) is 6.42 Å². The van der Waals surface area contributed by atoms with E-state index < -0.39 is 0 Å². The fourth-order valence-corrected chi connectivity index (χ4v) is 2.62. The average Bonchev–Trinajstić information content (AvgIpc) is 2.35. The first kappa shape index (κ1) is 14.8. The molecule has 0 aliphatic carbocycles. The minimum atomic E-state index is 0.110. The second kappa shape index (κ2) is 6.72. The minimum absolute atomic E-state index is 0.110. The van der Waals surface area contributed by atoms with Gasteiger partial charge < -0.3 is 10.5 Å². The van der Waals surface area contributed by atoms with E-state index in [1.165, 1.54) is 0 Å². The summed E-state index contributed by atoms with van der Waals surface area (Å²) in [5.74, 6) is 1.72. The molecule has 2 aromatic carbocycles. The van der Waals surface area contributed by atoms with Gasteiger partial charge in [0.25, 0.3) is 0 Å². The zero-order chi connectivity index (χ0) is 13.8. The van der Waals surface area contributed by atoms with Crippen LogP contribution in [0.25, 0.3) is 0 Å². The lowest BCUT2D eigenvalue weighted by atomic mass is 10.1. The average molecular weight is 432 g/mol. The Morgan fingerprint density at radius 3 is 2.63 bits per heavy atom. The summed E-state index contributed by atoms with van der Waals surface area (Å²) in [4.78, 5) is 0. The van der Waals surface area contributed by atoms with Gasteiger partial charge in [-0.3, -0.25) is 0 Å². The van der Waals surface area contributed by atoms with Crippen LogP contribution in [0.2, 0.25) is 0 Å². The summed E-state index contributed by atoms with van der Waals surface area (Å²) in [5.41, 5.74) is 7.01. The molecule has 0 aromatic heterocycles. The van der Waals surface area contributed by atoms with Crippen LogP contribution in [0.4, 0.5) is 0 Å². The lowest BCUT2D eigenvalue weighted by Gasteiger charge is -2.14. The fourth-order valence-electron chi connectivity index (χ4n) is 1.78. The Bertz CT molecular complexity index is 572. The van der Waals surface area contributed by atoms with E-state index >= 15 is 0 Å². The van der Waals surface area contributed by atoms with Crippen molar-refractivity contribution in [3.8, 4) is 11.5 Å². The highest BCUT2D eigenvalue weighted by Crippen LogP contribution is 2.31. The van der Waals surface area contributed by atoms with Gasteiger partial charge in [0.05, 0.1) is 3.57 Å². The standard InChI is InChI=1S/C15H15BrINO/c1-10(18)8-11-6-7-12(16)9-15(11)19-14-5-3-2-4-13(14)17/h2-7,9-10H,8,18H2,1H3. The maximum Gasteiger partial charge on any atom is 0.140 e. The fraction of sp³-hybridized carbons (Fsp3) is 0.200. The van der Waals surface area contributed by atoms with Crippen LogP contribution in [-0.4, -0.2) is 6.04 Å². The summed E-state index contributed by atoms with van der Waals surface area (Å²) in [6.07, 6.45) is 0.798. The molecule has 100 valence electrons. The first-order chi connectivity index (χ1) is 9.06. The van der Waals surface area contributed by atoms with Crippen LogP contribution in [0.3, 0.4) is 0 Å². The molecule has 0 fully saturated rings. The van der Waals surface area contributed by atoms with Crippen molar-refractivity contribution in [3.63, 3.8) is 0 Å². The molecule has 0 aliphatic rings. The zero-order valence-electron chi connectivity index (χ0n) is 10.6. The second-order valence-electron chi connectivity index (χ2n) is 4.47. The second-order valence-corrected chi connectivity index (χ2v) is 6.54. The lowest BCUT2D eigenvalue weighted by Crippen LogP contribution is -2.18. The molecule has 19 heavy (non-hydrogen) atoms. The lowest BCUT2D eigenvalue weighted by molar-refractivity contribution is 0.470. The molecule has 0 spiro atoms. The van der Waals surface area contributed by atoms with Gasteiger partial charge in [-0.15, -0.1) is 0 Å². The summed E-state index contributed by atoms with van der Waals surface area (Å²) in [7, 11) is 0. The Morgan fingerprint density at radius 2 is 1.95 bits per heavy atom. The van der Waals surface area contributed by atoms with Crippen LogP contribution < -0.4 is 10.5 Å². The van der Waals surface area contributed by atoms with E-state index in [0.29, 0.717) is 0 Å². The monoisotopic (exact) mass is 431 g/mol. The van der Waals surface area contributed by atoms with E-state index in [1.807, 2.05) is 43.3 Å². The van der Waals surface area contributed by atoms with Crippen LogP contribution in [0.5, 0.6) is 11.5 Å². The van der Waals surface area contributed by atoms with Crippen LogP contribution in [0.1, 0.15) is 12.5 Å². The molecule has 1 atom stereocenters. The minimum Gasteiger partial charge on any atom is -0.456 e. The normalized spacial score (nSPS) is 12.2. The molecule has 0 amide bonds. The molecule has 2 N–H and O–H groups in total. The maximum absolute atomic E-state index is 6.03. The van der Waals surface area contributed by atoms with Gasteiger partial charge in [-0.2, -0.15) is 0 Å². The zero-order valence-corrected chi connectivity index (χ0v) is 14.3. The van der Waals surface area contributed by atoms with Gasteiger partial charge in [0.2, 0.25) is 0 Å². The van der Waals surface area contributed by atoms with Gasteiger partial charge in [0.15, 0.2) is 0 Å². The number of rotatable bonds is 4. The Kier molecular flexibility index (Phi) is 5.24. The molecule has 1 unspecified atom stereocenters. The van der Waals surface area contributed by atoms with Crippen LogP contribution in [0.15, 0.2) is 46.9 Å². The van der Waals surface area contributed by atoms with Crippen molar-refractivity contribution in [1.82, 2.24) is 0 Å². The van der Waals surface area contributed by atoms with E-state index in [9.17, 15) is 0 Å². The predicted octanol–water partition coefficient (Wildman–Crippen LogP) is 4.74. The highest BCUT2D eigenvalue weighted by atomic mass is 127. The van der Waals surface area contributed by atoms with Crippen molar-refractivity contribution >= 4 is 38.5 Å². The van der Waals surface area contributed by atoms with Gasteiger partial charge in [-0.05, 0) is 65.8 Å². The number of nitrogens with two attached hydrogens (primary N) is 1. The molecule has 4 heteroatoms. The summed E-state index contributed by atoms with van der Waals surface area (Å²) >= 11 is 5.75. The Hall–Kier alpha value is -0.590. The molecule has 2 nitrogen and oxygen atoms in total. The molecule has 0 saturated heterocycles. The number of halogens is 2. The largest absolute Gasteiger partial charge is 0.456 e. The van der Waals surface area contributed by atoms with Crippen molar-refractivity contribution < 1.29 is 4.74 Å². The maximum atomic E-state index is 6.03. The summed E-state index contributed by atoms with van der Waals surface area (Å²) in [6.45, 7) is 2.00. The summed E-state index contributed by atoms with van der Waals surface area (Å²) in [5, 5.41) is 0. The van der Waals surface area contributed by atoms with Crippen molar-refractivity contribution in [2.75, 3.05) is 0 Å². The Labute approximate surface area is 135 Å². The quantitative estimate of drug-likeness (QED) is 0.710. The Morgan fingerprint density at radius 1 is 1.21 bits per heavy atom. The first-order valence-corrected chi connectivity index (χ1v) is 7.90. The number of hydrogen-bond acceptors (Lipinski definition) is 2. The highest BCUT2D eigenvalue weighted by Gasteiger charge is 2.09. The predicted molar refractivity (Wildman–Crippen MR) is 90.7 cm³/mol. The number of ether oxygens (including phenoxy) is 1. The van der Waals surface area contributed by atoms with Gasteiger partial charge in [0.1, 0.15) is 11.5 Å². The molecule has 2 aromatic rings. The van der Waals surface area contributed by atoms with E-state index in [-0.39, 0.29) is 6.04 Å². The molecular formula is C15H15BrINO. The van der Waals surface area contributed by atoms with E-state index in [4.69, 9.17) is 10.5 Å². The molecule has 0 bridgehead atoms. The topological polar surface area (TPSA) is 35.2 Å². The molecule has 0 heterocycles. The van der Waals surface area contributed by atoms with Crippen molar-refractivity contribution in [2.24, 2.45) is 5.73 Å². The number of para-hydroxylation sites is 1. The molecule has 2 rings (SSSR count). The SMILES string of the molecule is CC(N)Cc1ccc(Br)cc1Oc1ccccc1I. The van der Waals surface area contributed by atoms with Gasteiger partial charge in [-0.25, -0.2) is 0 Å². The molecule has 0 saturated carbocycles. The van der Waals surface area contributed by atoms with E-state index in [2.05, 4.69) is 44.6 Å². The number of benzene rings is 2. The third kappa shape index (κ3) is 4.19. The van der Waals surface area contributed by atoms with Crippen molar-refractivity contribution in [3.05, 3.63) is 56.1 Å².